The third kappa shape index (κ3) is 1.18. The zero-order chi connectivity index (χ0) is 6.97. The predicted molar refractivity (Wildman–Crippen MR) is 41.7 cm³/mol. The summed E-state index contributed by atoms with van der Waals surface area (Å²) in [6.07, 6.45) is 5.43. The Labute approximate surface area is 62.2 Å². The molecule has 3 N–H and O–H groups in total. The van der Waals surface area contributed by atoms with Crippen LogP contribution in [0.15, 0.2) is 0 Å². The fourth-order valence-corrected chi connectivity index (χ4v) is 2.30. The van der Waals surface area contributed by atoms with E-state index in [-0.39, 0.29) is 0 Å². The standard InChI is InChI=1S/C8H16N2/c9-7-3-6-1-2-8(4-6)10-5-7/h6-8,10H,1-5,9H2/t6-,7+,8-/m1/s1. The van der Waals surface area contributed by atoms with Crippen LogP contribution in [-0.2, 0) is 0 Å². The molecule has 2 rings (SSSR count). The van der Waals surface area contributed by atoms with Crippen LogP contribution in [0.5, 0.6) is 0 Å². The van der Waals surface area contributed by atoms with E-state index in [1.54, 1.807) is 0 Å². The lowest BCUT2D eigenvalue weighted by atomic mass is 10.00. The minimum Gasteiger partial charge on any atom is -0.327 e. The summed E-state index contributed by atoms with van der Waals surface area (Å²) in [5.41, 5.74) is 5.86. The Morgan fingerprint density at radius 1 is 1.20 bits per heavy atom. The van der Waals surface area contributed by atoms with Crippen molar-refractivity contribution in [3.63, 3.8) is 0 Å². The molecule has 0 aromatic rings. The van der Waals surface area contributed by atoms with Crippen molar-refractivity contribution in [2.75, 3.05) is 6.54 Å². The summed E-state index contributed by atoms with van der Waals surface area (Å²) in [6.45, 7) is 1.04. The molecule has 0 spiro atoms. The van der Waals surface area contributed by atoms with Crippen molar-refractivity contribution in [2.45, 2.75) is 37.8 Å². The molecule has 1 aliphatic carbocycles. The number of rotatable bonds is 0. The van der Waals surface area contributed by atoms with E-state index in [1.807, 2.05) is 0 Å². The maximum absolute atomic E-state index is 5.86. The highest BCUT2D eigenvalue weighted by Crippen LogP contribution is 2.30. The Morgan fingerprint density at radius 2 is 2.10 bits per heavy atom. The molecule has 2 bridgehead atoms. The molecule has 58 valence electrons. The maximum Gasteiger partial charge on any atom is 0.0168 e. The molecule has 2 fully saturated rings. The molecule has 1 saturated carbocycles. The zero-order valence-corrected chi connectivity index (χ0v) is 6.34. The second-order valence-corrected chi connectivity index (χ2v) is 3.78. The first kappa shape index (κ1) is 6.62. The van der Waals surface area contributed by atoms with Gasteiger partial charge in [0.05, 0.1) is 0 Å². The average molecular weight is 140 g/mol. The quantitative estimate of drug-likeness (QED) is 0.513. The molecular formula is C8H16N2. The van der Waals surface area contributed by atoms with Gasteiger partial charge in [-0.3, -0.25) is 0 Å². The highest BCUT2D eigenvalue weighted by Gasteiger charge is 2.28. The summed E-state index contributed by atoms with van der Waals surface area (Å²) >= 11 is 0. The van der Waals surface area contributed by atoms with E-state index in [9.17, 15) is 0 Å². The van der Waals surface area contributed by atoms with E-state index >= 15 is 0 Å². The van der Waals surface area contributed by atoms with E-state index in [1.165, 1.54) is 25.7 Å². The minimum atomic E-state index is 0.426. The van der Waals surface area contributed by atoms with Gasteiger partial charge in [0, 0.05) is 18.6 Å². The monoisotopic (exact) mass is 140 g/mol. The Hall–Kier alpha value is -0.0800. The van der Waals surface area contributed by atoms with Crippen LogP contribution in [0.25, 0.3) is 0 Å². The molecule has 1 heterocycles. The van der Waals surface area contributed by atoms with E-state index in [0.29, 0.717) is 6.04 Å². The Bertz CT molecular complexity index is 124. The minimum absolute atomic E-state index is 0.426. The molecule has 0 radical (unpaired) electrons. The highest BCUT2D eigenvalue weighted by molar-refractivity contribution is 4.87. The molecular weight excluding hydrogens is 124 g/mol. The maximum atomic E-state index is 5.86. The molecule has 2 nitrogen and oxygen atoms in total. The largest absolute Gasteiger partial charge is 0.327 e. The van der Waals surface area contributed by atoms with Crippen molar-refractivity contribution in [3.05, 3.63) is 0 Å². The molecule has 1 saturated heterocycles. The van der Waals surface area contributed by atoms with E-state index in [0.717, 1.165) is 18.5 Å². The topological polar surface area (TPSA) is 38.0 Å². The number of nitrogens with one attached hydrogen (secondary N) is 1. The summed E-state index contributed by atoms with van der Waals surface area (Å²) in [5, 5.41) is 3.50. The van der Waals surface area contributed by atoms with Crippen LogP contribution >= 0.6 is 0 Å². The molecule has 1 aliphatic heterocycles. The van der Waals surface area contributed by atoms with Crippen LogP contribution in [-0.4, -0.2) is 18.6 Å². The van der Waals surface area contributed by atoms with Crippen molar-refractivity contribution in [3.8, 4) is 0 Å². The first-order valence-electron chi connectivity index (χ1n) is 4.33. The number of hydrogen-bond acceptors (Lipinski definition) is 2. The summed E-state index contributed by atoms with van der Waals surface area (Å²) in [5.74, 6) is 0.940. The fourth-order valence-electron chi connectivity index (χ4n) is 2.30. The van der Waals surface area contributed by atoms with Gasteiger partial charge in [0.2, 0.25) is 0 Å². The molecule has 0 aromatic carbocycles. The number of nitrogens with two attached hydrogens (primary N) is 1. The summed E-state index contributed by atoms with van der Waals surface area (Å²) in [4.78, 5) is 0. The van der Waals surface area contributed by atoms with Gasteiger partial charge < -0.3 is 11.1 Å². The second kappa shape index (κ2) is 2.51. The van der Waals surface area contributed by atoms with Gasteiger partial charge in [0.1, 0.15) is 0 Å². The van der Waals surface area contributed by atoms with E-state index < -0.39 is 0 Å². The van der Waals surface area contributed by atoms with Crippen LogP contribution < -0.4 is 11.1 Å². The molecule has 2 aliphatic rings. The third-order valence-electron chi connectivity index (χ3n) is 2.85. The van der Waals surface area contributed by atoms with Crippen molar-refractivity contribution >= 4 is 0 Å². The normalized spacial score (nSPS) is 47.1. The first-order chi connectivity index (χ1) is 4.84. The summed E-state index contributed by atoms with van der Waals surface area (Å²) in [6, 6.07) is 1.23. The van der Waals surface area contributed by atoms with Crippen LogP contribution in [0.2, 0.25) is 0 Å². The second-order valence-electron chi connectivity index (χ2n) is 3.78. The van der Waals surface area contributed by atoms with Crippen LogP contribution in [0, 0.1) is 5.92 Å². The van der Waals surface area contributed by atoms with E-state index in [2.05, 4.69) is 5.32 Å². The fraction of sp³-hybridized carbons (Fsp3) is 1.00. The van der Waals surface area contributed by atoms with Crippen molar-refractivity contribution < 1.29 is 0 Å². The van der Waals surface area contributed by atoms with Crippen LogP contribution in [0.1, 0.15) is 25.7 Å². The molecule has 0 amide bonds. The highest BCUT2D eigenvalue weighted by atomic mass is 15.0. The van der Waals surface area contributed by atoms with Gasteiger partial charge in [-0.05, 0) is 31.6 Å². The van der Waals surface area contributed by atoms with Gasteiger partial charge in [-0.1, -0.05) is 0 Å². The predicted octanol–water partition coefficient (Wildman–Crippen LogP) is 0.476. The van der Waals surface area contributed by atoms with Gasteiger partial charge in [0.25, 0.3) is 0 Å². The van der Waals surface area contributed by atoms with Crippen LogP contribution in [0.4, 0.5) is 0 Å². The first-order valence-corrected chi connectivity index (χ1v) is 4.33. The summed E-state index contributed by atoms with van der Waals surface area (Å²) < 4.78 is 0. The van der Waals surface area contributed by atoms with Gasteiger partial charge in [-0.25, -0.2) is 0 Å². The van der Waals surface area contributed by atoms with Crippen molar-refractivity contribution in [1.29, 1.82) is 0 Å². The van der Waals surface area contributed by atoms with Gasteiger partial charge in [-0.2, -0.15) is 0 Å². The Balaban J connectivity index is 1.99. The Kier molecular flexibility index (Phi) is 1.66. The third-order valence-corrected chi connectivity index (χ3v) is 2.85. The molecule has 3 atom stereocenters. The Morgan fingerprint density at radius 3 is 3.00 bits per heavy atom. The number of fused-ring (bicyclic) bond motifs is 2. The van der Waals surface area contributed by atoms with Gasteiger partial charge in [0.15, 0.2) is 0 Å². The number of hydrogen-bond donors (Lipinski definition) is 2. The lowest BCUT2D eigenvalue weighted by Gasteiger charge is -2.15. The van der Waals surface area contributed by atoms with Gasteiger partial charge >= 0.3 is 0 Å². The van der Waals surface area contributed by atoms with Crippen LogP contribution in [0.3, 0.4) is 0 Å². The molecule has 2 heteroatoms. The molecule has 10 heavy (non-hydrogen) atoms. The van der Waals surface area contributed by atoms with Crippen molar-refractivity contribution in [2.24, 2.45) is 11.7 Å². The molecule has 0 aromatic heterocycles. The summed E-state index contributed by atoms with van der Waals surface area (Å²) in [7, 11) is 0. The molecule has 0 unspecified atom stereocenters. The SMILES string of the molecule is N[C@@H]1CN[C@@H]2CC[C@H](C1)C2. The lowest BCUT2D eigenvalue weighted by Crippen LogP contribution is -2.37. The zero-order valence-electron chi connectivity index (χ0n) is 6.34. The van der Waals surface area contributed by atoms with Crippen molar-refractivity contribution in [1.82, 2.24) is 5.32 Å². The van der Waals surface area contributed by atoms with Gasteiger partial charge in [-0.15, -0.1) is 0 Å². The van der Waals surface area contributed by atoms with E-state index in [4.69, 9.17) is 5.73 Å². The lowest BCUT2D eigenvalue weighted by molar-refractivity contribution is 0.448. The smallest absolute Gasteiger partial charge is 0.0168 e. The average Bonchev–Trinajstić information content (AvgIpc) is 2.22.